The van der Waals surface area contributed by atoms with Crippen LogP contribution in [0.2, 0.25) is 0 Å². The first-order chi connectivity index (χ1) is 9.97. The van der Waals surface area contributed by atoms with Gasteiger partial charge in [0.1, 0.15) is 0 Å². The molecular formula is C16H22F3NO. The van der Waals surface area contributed by atoms with Gasteiger partial charge in [0.15, 0.2) is 0 Å². The highest BCUT2D eigenvalue weighted by Gasteiger charge is 2.30. The number of aliphatic hydroxyl groups is 1. The highest BCUT2D eigenvalue weighted by atomic mass is 19.4. The molecule has 0 aliphatic heterocycles. The van der Waals surface area contributed by atoms with Crippen LogP contribution in [0.3, 0.4) is 0 Å². The summed E-state index contributed by atoms with van der Waals surface area (Å²) in [7, 11) is 0. The summed E-state index contributed by atoms with van der Waals surface area (Å²) < 4.78 is 37.3. The zero-order valence-electron chi connectivity index (χ0n) is 12.0. The van der Waals surface area contributed by atoms with Gasteiger partial charge < -0.3 is 10.4 Å². The highest BCUT2D eigenvalue weighted by Crippen LogP contribution is 2.30. The Kier molecular flexibility index (Phi) is 5.65. The predicted octanol–water partition coefficient (Wildman–Crippen LogP) is 3.91. The van der Waals surface area contributed by atoms with E-state index < -0.39 is 17.8 Å². The van der Waals surface area contributed by atoms with E-state index in [1.807, 2.05) is 0 Å². The number of hydrogen-bond acceptors (Lipinski definition) is 2. The average Bonchev–Trinajstić information content (AvgIpc) is 2.96. The third kappa shape index (κ3) is 5.00. The third-order valence-electron chi connectivity index (χ3n) is 4.16. The fourth-order valence-corrected chi connectivity index (χ4v) is 2.86. The molecule has 2 N–H and O–H groups in total. The molecule has 0 bridgehead atoms. The van der Waals surface area contributed by atoms with Gasteiger partial charge in [-0.2, -0.15) is 13.2 Å². The molecule has 1 atom stereocenters. The Hall–Kier alpha value is -1.07. The molecule has 0 spiro atoms. The number of hydrogen-bond donors (Lipinski definition) is 2. The molecule has 1 unspecified atom stereocenters. The van der Waals surface area contributed by atoms with E-state index in [0.717, 1.165) is 31.0 Å². The van der Waals surface area contributed by atoms with Gasteiger partial charge in [-0.25, -0.2) is 0 Å². The number of nitrogens with one attached hydrogen (secondary N) is 1. The van der Waals surface area contributed by atoms with Crippen LogP contribution in [0.25, 0.3) is 0 Å². The predicted molar refractivity (Wildman–Crippen MR) is 75.8 cm³/mol. The van der Waals surface area contributed by atoms with E-state index in [1.165, 1.54) is 37.8 Å². The average molecular weight is 301 g/mol. The van der Waals surface area contributed by atoms with Crippen LogP contribution in [0, 0.1) is 5.92 Å². The second-order valence-corrected chi connectivity index (χ2v) is 5.78. The van der Waals surface area contributed by atoms with Crippen molar-refractivity contribution in [2.45, 2.75) is 44.4 Å². The van der Waals surface area contributed by atoms with Crippen LogP contribution in [0.15, 0.2) is 24.3 Å². The minimum atomic E-state index is -4.33. The summed E-state index contributed by atoms with van der Waals surface area (Å²) >= 11 is 0. The summed E-state index contributed by atoms with van der Waals surface area (Å²) in [6.07, 6.45) is 1.24. The van der Waals surface area contributed by atoms with Gasteiger partial charge in [0.05, 0.1) is 11.7 Å². The zero-order valence-corrected chi connectivity index (χ0v) is 12.0. The molecule has 1 aromatic carbocycles. The third-order valence-corrected chi connectivity index (χ3v) is 4.16. The monoisotopic (exact) mass is 301 g/mol. The van der Waals surface area contributed by atoms with Crippen molar-refractivity contribution in [2.75, 3.05) is 13.1 Å². The van der Waals surface area contributed by atoms with Gasteiger partial charge in [0, 0.05) is 6.54 Å². The van der Waals surface area contributed by atoms with Gasteiger partial charge >= 0.3 is 6.18 Å². The van der Waals surface area contributed by atoms with Crippen molar-refractivity contribution in [3.8, 4) is 0 Å². The van der Waals surface area contributed by atoms with Crippen LogP contribution in [0.4, 0.5) is 13.2 Å². The maximum Gasteiger partial charge on any atom is 0.416 e. The largest absolute Gasteiger partial charge is 0.416 e. The van der Waals surface area contributed by atoms with Crippen LogP contribution in [0.5, 0.6) is 0 Å². The fourth-order valence-electron chi connectivity index (χ4n) is 2.86. The first-order valence-electron chi connectivity index (χ1n) is 7.53. The van der Waals surface area contributed by atoms with Crippen LogP contribution < -0.4 is 5.32 Å². The summed E-state index contributed by atoms with van der Waals surface area (Å²) in [5, 5.41) is 13.1. The molecule has 2 nitrogen and oxygen atoms in total. The Morgan fingerprint density at radius 1 is 1.14 bits per heavy atom. The van der Waals surface area contributed by atoms with Gasteiger partial charge in [0.2, 0.25) is 0 Å². The van der Waals surface area contributed by atoms with Crippen LogP contribution >= 0.6 is 0 Å². The first-order valence-corrected chi connectivity index (χ1v) is 7.53. The standard InChI is InChI=1S/C16H22F3NO/c17-16(18,19)14-7-5-13(6-8-14)15(21)11-20-10-9-12-3-1-2-4-12/h5-8,12,15,20-21H,1-4,9-11H2. The molecule has 0 aromatic heterocycles. The summed E-state index contributed by atoms with van der Waals surface area (Å²) in [5.41, 5.74) is -0.177. The lowest BCUT2D eigenvalue weighted by atomic mass is 10.0. The Labute approximate surface area is 123 Å². The van der Waals surface area contributed by atoms with Crippen molar-refractivity contribution in [2.24, 2.45) is 5.92 Å². The van der Waals surface area contributed by atoms with E-state index in [2.05, 4.69) is 5.32 Å². The maximum absolute atomic E-state index is 12.4. The molecule has 0 heterocycles. The summed E-state index contributed by atoms with van der Waals surface area (Å²) in [5.74, 6) is 0.792. The van der Waals surface area contributed by atoms with E-state index in [1.54, 1.807) is 0 Å². The number of benzene rings is 1. The topological polar surface area (TPSA) is 32.3 Å². The second kappa shape index (κ2) is 7.27. The summed E-state index contributed by atoms with van der Waals surface area (Å²) in [4.78, 5) is 0. The van der Waals surface area contributed by atoms with Gasteiger partial charge in [-0.15, -0.1) is 0 Å². The quantitative estimate of drug-likeness (QED) is 0.781. The normalized spacial score (nSPS) is 18.1. The molecule has 1 fully saturated rings. The van der Waals surface area contributed by atoms with Crippen molar-refractivity contribution < 1.29 is 18.3 Å². The number of alkyl halides is 3. The highest BCUT2D eigenvalue weighted by molar-refractivity contribution is 5.26. The van der Waals surface area contributed by atoms with Crippen molar-refractivity contribution >= 4 is 0 Å². The van der Waals surface area contributed by atoms with Crippen LogP contribution in [-0.4, -0.2) is 18.2 Å². The van der Waals surface area contributed by atoms with Crippen molar-refractivity contribution in [3.05, 3.63) is 35.4 Å². The molecule has 0 saturated heterocycles. The fraction of sp³-hybridized carbons (Fsp3) is 0.625. The van der Waals surface area contributed by atoms with Crippen molar-refractivity contribution in [1.29, 1.82) is 0 Å². The van der Waals surface area contributed by atoms with E-state index in [4.69, 9.17) is 0 Å². The minimum Gasteiger partial charge on any atom is -0.387 e. The Morgan fingerprint density at radius 3 is 2.33 bits per heavy atom. The SMILES string of the molecule is OC(CNCCC1CCCC1)c1ccc(C(F)(F)F)cc1. The number of rotatable bonds is 6. The lowest BCUT2D eigenvalue weighted by Crippen LogP contribution is -2.23. The molecule has 0 radical (unpaired) electrons. The molecule has 1 aliphatic carbocycles. The Bertz CT molecular complexity index is 424. The van der Waals surface area contributed by atoms with Gasteiger partial charge in [-0.1, -0.05) is 37.8 Å². The molecule has 1 saturated carbocycles. The van der Waals surface area contributed by atoms with E-state index >= 15 is 0 Å². The van der Waals surface area contributed by atoms with Gasteiger partial charge in [-0.3, -0.25) is 0 Å². The lowest BCUT2D eigenvalue weighted by Gasteiger charge is -2.15. The molecule has 1 aliphatic rings. The number of aliphatic hydroxyl groups excluding tert-OH is 1. The van der Waals surface area contributed by atoms with E-state index in [9.17, 15) is 18.3 Å². The summed E-state index contributed by atoms with van der Waals surface area (Å²) in [6, 6.07) is 4.70. The lowest BCUT2D eigenvalue weighted by molar-refractivity contribution is -0.137. The molecule has 21 heavy (non-hydrogen) atoms. The molecule has 0 amide bonds. The van der Waals surface area contributed by atoms with Crippen LogP contribution in [0.1, 0.15) is 49.3 Å². The van der Waals surface area contributed by atoms with E-state index in [-0.39, 0.29) is 0 Å². The van der Waals surface area contributed by atoms with Crippen molar-refractivity contribution in [3.63, 3.8) is 0 Å². The first kappa shape index (κ1) is 16.3. The second-order valence-electron chi connectivity index (χ2n) is 5.78. The molecular weight excluding hydrogens is 279 g/mol. The zero-order chi connectivity index (χ0) is 15.3. The number of halogens is 3. The minimum absolute atomic E-state index is 0.373. The van der Waals surface area contributed by atoms with Crippen molar-refractivity contribution in [1.82, 2.24) is 5.32 Å². The molecule has 118 valence electrons. The summed E-state index contributed by atoms with van der Waals surface area (Å²) in [6.45, 7) is 1.22. The molecule has 5 heteroatoms. The van der Waals surface area contributed by atoms with Gasteiger partial charge in [-0.05, 0) is 36.6 Å². The Balaban J connectivity index is 1.73. The van der Waals surface area contributed by atoms with Gasteiger partial charge in [0.25, 0.3) is 0 Å². The Morgan fingerprint density at radius 2 is 1.76 bits per heavy atom. The van der Waals surface area contributed by atoms with E-state index in [0.29, 0.717) is 12.1 Å². The molecule has 1 aromatic rings. The smallest absolute Gasteiger partial charge is 0.387 e. The maximum atomic E-state index is 12.4. The molecule has 2 rings (SSSR count). The van der Waals surface area contributed by atoms with Crippen LogP contribution in [-0.2, 0) is 6.18 Å².